The van der Waals surface area contributed by atoms with Crippen molar-refractivity contribution in [3.05, 3.63) is 96.6 Å². The Morgan fingerprint density at radius 1 is 1.00 bits per heavy atom. The Kier molecular flexibility index (Phi) is 11.3. The number of aliphatic hydroxyl groups excluding tert-OH is 1. The van der Waals surface area contributed by atoms with Gasteiger partial charge in [0.1, 0.15) is 6.61 Å². The molecule has 0 unspecified atom stereocenters. The summed E-state index contributed by atoms with van der Waals surface area (Å²) in [5.74, 6) is -1.75. The van der Waals surface area contributed by atoms with Crippen LogP contribution in [0.4, 0.5) is 0 Å². The van der Waals surface area contributed by atoms with Gasteiger partial charge >= 0.3 is 5.97 Å². The number of carbonyl (C=O) groups excluding carboxylic acids is 3. The monoisotopic (exact) mass is 518 g/mol. The van der Waals surface area contributed by atoms with Gasteiger partial charge in [-0.2, -0.15) is 0 Å². The first kappa shape index (κ1) is 28.9. The molecule has 202 valence electrons. The number of ether oxygens (including phenoxy) is 1. The van der Waals surface area contributed by atoms with Crippen LogP contribution in [0.3, 0.4) is 0 Å². The van der Waals surface area contributed by atoms with E-state index in [1.54, 1.807) is 17.1 Å². The highest BCUT2D eigenvalue weighted by atomic mass is 16.5. The molecule has 1 aliphatic rings. The fourth-order valence-electron chi connectivity index (χ4n) is 4.81. The second-order valence-corrected chi connectivity index (χ2v) is 9.63. The van der Waals surface area contributed by atoms with E-state index in [-0.39, 0.29) is 55.9 Å². The molecule has 1 aliphatic heterocycles. The smallest absolute Gasteiger partial charge is 0.309 e. The first-order valence-corrected chi connectivity index (χ1v) is 13.1. The molecule has 0 aliphatic carbocycles. The zero-order valence-corrected chi connectivity index (χ0v) is 21.9. The van der Waals surface area contributed by atoms with Crippen molar-refractivity contribution in [1.82, 2.24) is 10.2 Å². The van der Waals surface area contributed by atoms with Gasteiger partial charge in [0.2, 0.25) is 11.8 Å². The maximum absolute atomic E-state index is 13.2. The second kappa shape index (κ2) is 14.9. The molecule has 2 aromatic carbocycles. The summed E-state index contributed by atoms with van der Waals surface area (Å²) in [5, 5.41) is 12.7. The van der Waals surface area contributed by atoms with Crippen LogP contribution in [0.25, 0.3) is 0 Å². The molecule has 7 heteroatoms. The van der Waals surface area contributed by atoms with E-state index in [2.05, 4.69) is 18.5 Å². The molecule has 2 amide bonds. The highest BCUT2D eigenvalue weighted by Gasteiger charge is 2.31. The minimum atomic E-state index is -0.598. The largest absolute Gasteiger partial charge is 0.464 e. The molecule has 0 radical (unpaired) electrons. The van der Waals surface area contributed by atoms with E-state index < -0.39 is 5.92 Å². The quantitative estimate of drug-likeness (QED) is 0.226. The average Bonchev–Trinajstić information content (AvgIpc) is 2.94. The topological polar surface area (TPSA) is 95.9 Å². The predicted molar refractivity (Wildman–Crippen MR) is 147 cm³/mol. The third kappa shape index (κ3) is 8.15. The summed E-state index contributed by atoms with van der Waals surface area (Å²) in [7, 11) is 0. The Labute approximate surface area is 225 Å². The number of hydrogen-bond acceptors (Lipinski definition) is 5. The summed E-state index contributed by atoms with van der Waals surface area (Å²) in [6.07, 6.45) is 5.31. The van der Waals surface area contributed by atoms with E-state index in [4.69, 9.17) is 4.74 Å². The van der Waals surface area contributed by atoms with Crippen LogP contribution in [0.5, 0.6) is 0 Å². The van der Waals surface area contributed by atoms with Crippen molar-refractivity contribution in [3.8, 4) is 0 Å². The highest BCUT2D eigenvalue weighted by Crippen LogP contribution is 2.25. The number of nitrogens with zero attached hydrogens (tertiary/aromatic N) is 1. The fourth-order valence-corrected chi connectivity index (χ4v) is 4.81. The van der Waals surface area contributed by atoms with Crippen molar-refractivity contribution < 1.29 is 24.2 Å². The van der Waals surface area contributed by atoms with Gasteiger partial charge in [0.25, 0.3) is 0 Å². The number of aliphatic hydroxyl groups is 1. The summed E-state index contributed by atoms with van der Waals surface area (Å²) >= 11 is 0. The highest BCUT2D eigenvalue weighted by molar-refractivity contribution is 5.86. The Balaban J connectivity index is 1.50. The van der Waals surface area contributed by atoms with Crippen LogP contribution < -0.4 is 5.32 Å². The molecule has 3 atom stereocenters. The van der Waals surface area contributed by atoms with Gasteiger partial charge in [-0.3, -0.25) is 14.4 Å². The zero-order valence-electron chi connectivity index (χ0n) is 21.9. The van der Waals surface area contributed by atoms with Gasteiger partial charge < -0.3 is 20.1 Å². The number of nitrogens with one attached hydrogen (secondary N) is 1. The summed E-state index contributed by atoms with van der Waals surface area (Å²) < 4.78 is 5.43. The minimum Gasteiger partial charge on any atom is -0.464 e. The van der Waals surface area contributed by atoms with Gasteiger partial charge in [-0.05, 0) is 42.4 Å². The van der Waals surface area contributed by atoms with E-state index in [1.165, 1.54) is 0 Å². The second-order valence-electron chi connectivity index (χ2n) is 9.63. The summed E-state index contributed by atoms with van der Waals surface area (Å²) in [5.41, 5.74) is 3.23. The Morgan fingerprint density at radius 2 is 1.66 bits per heavy atom. The van der Waals surface area contributed by atoms with Crippen LogP contribution in [0, 0.1) is 11.8 Å². The van der Waals surface area contributed by atoms with Crippen molar-refractivity contribution >= 4 is 17.8 Å². The van der Waals surface area contributed by atoms with Gasteiger partial charge in [-0.1, -0.05) is 66.7 Å². The number of benzene rings is 2. The van der Waals surface area contributed by atoms with E-state index >= 15 is 0 Å². The van der Waals surface area contributed by atoms with Crippen LogP contribution in [0.1, 0.15) is 36.0 Å². The molecular weight excluding hydrogens is 480 g/mol. The average molecular weight is 519 g/mol. The maximum Gasteiger partial charge on any atom is 0.309 e. The number of rotatable bonds is 14. The molecule has 1 heterocycles. The van der Waals surface area contributed by atoms with Crippen LogP contribution >= 0.6 is 0 Å². The van der Waals surface area contributed by atoms with Crippen molar-refractivity contribution in [2.45, 2.75) is 44.7 Å². The molecule has 0 saturated heterocycles. The third-order valence-corrected chi connectivity index (χ3v) is 6.88. The van der Waals surface area contributed by atoms with Gasteiger partial charge in [0, 0.05) is 13.0 Å². The van der Waals surface area contributed by atoms with Crippen LogP contribution in [-0.2, 0) is 38.5 Å². The number of fused-ring (bicyclic) bond motifs is 1. The van der Waals surface area contributed by atoms with E-state index in [0.717, 1.165) is 16.7 Å². The SMILES string of the molecule is C=CC[C@@H](CC(=O)N1Cc2ccccc2C[C@H]1CO)C(=O)NCCOC(=O)[C@H](CC=C)Cc1ccccc1. The van der Waals surface area contributed by atoms with Gasteiger partial charge in [0.15, 0.2) is 0 Å². The first-order chi connectivity index (χ1) is 18.5. The van der Waals surface area contributed by atoms with Crippen LogP contribution in [0.15, 0.2) is 79.9 Å². The lowest BCUT2D eigenvalue weighted by Crippen LogP contribution is -2.47. The van der Waals surface area contributed by atoms with Crippen molar-refractivity contribution in [2.75, 3.05) is 19.8 Å². The number of amides is 2. The zero-order chi connectivity index (χ0) is 27.3. The summed E-state index contributed by atoms with van der Waals surface area (Å²) in [6.45, 7) is 7.93. The molecule has 0 saturated carbocycles. The van der Waals surface area contributed by atoms with Crippen LogP contribution in [0.2, 0.25) is 0 Å². The molecule has 0 aromatic heterocycles. The lowest BCUT2D eigenvalue weighted by Gasteiger charge is -2.36. The number of carbonyl (C=O) groups is 3. The van der Waals surface area contributed by atoms with Gasteiger partial charge in [-0.15, -0.1) is 13.2 Å². The van der Waals surface area contributed by atoms with Crippen molar-refractivity contribution in [3.63, 3.8) is 0 Å². The molecular formula is C31H38N2O5. The molecule has 0 bridgehead atoms. The molecule has 3 rings (SSSR count). The molecule has 7 nitrogen and oxygen atoms in total. The van der Waals surface area contributed by atoms with E-state index in [9.17, 15) is 19.5 Å². The van der Waals surface area contributed by atoms with E-state index in [1.807, 2.05) is 54.6 Å². The van der Waals surface area contributed by atoms with Gasteiger partial charge in [-0.25, -0.2) is 0 Å². The minimum absolute atomic E-state index is 0.00872. The maximum atomic E-state index is 13.2. The van der Waals surface area contributed by atoms with Crippen molar-refractivity contribution in [1.29, 1.82) is 0 Å². The summed E-state index contributed by atoms with van der Waals surface area (Å²) in [4.78, 5) is 40.4. The Morgan fingerprint density at radius 3 is 2.34 bits per heavy atom. The molecule has 38 heavy (non-hydrogen) atoms. The Hall–Kier alpha value is -3.71. The normalized spacial score (nSPS) is 16.0. The molecule has 0 spiro atoms. The Bertz CT molecular complexity index is 1100. The van der Waals surface area contributed by atoms with Gasteiger partial charge in [0.05, 0.1) is 31.0 Å². The van der Waals surface area contributed by atoms with E-state index in [0.29, 0.717) is 32.2 Å². The molecule has 0 fully saturated rings. The molecule has 2 N–H and O–H groups in total. The first-order valence-electron chi connectivity index (χ1n) is 13.1. The third-order valence-electron chi connectivity index (χ3n) is 6.88. The number of hydrogen-bond donors (Lipinski definition) is 2. The predicted octanol–water partition coefficient (Wildman–Crippen LogP) is 3.61. The summed E-state index contributed by atoms with van der Waals surface area (Å²) in [6, 6.07) is 17.3. The molecule has 2 aromatic rings. The lowest BCUT2D eigenvalue weighted by molar-refractivity contribution is -0.148. The van der Waals surface area contributed by atoms with Crippen molar-refractivity contribution in [2.24, 2.45) is 11.8 Å². The number of esters is 1. The van der Waals surface area contributed by atoms with Crippen LogP contribution in [-0.4, -0.2) is 53.6 Å². The number of allylic oxidation sites excluding steroid dienone is 2. The standard InChI is InChI=1S/C31H38N2O5/c1-3-10-25(20-29(35)33-21-27-15-9-8-14-24(27)19-28(33)22-34)30(36)32-16-17-38-31(37)26(11-4-2)18-23-12-6-5-7-13-23/h3-9,12-15,25-26,28,34H,1-2,10-11,16-22H2,(H,32,36)/t25-,26+,28-/m0/s1. The lowest BCUT2D eigenvalue weighted by atomic mass is 9.92. The fraction of sp³-hybridized carbons (Fsp3) is 0.387.